The molecular weight excluding hydrogens is 372 g/mol. The van der Waals surface area contributed by atoms with E-state index in [1.54, 1.807) is 34.6 Å². The third-order valence-electron chi connectivity index (χ3n) is 4.06. The first-order chi connectivity index (χ1) is 13.4. The predicted molar refractivity (Wildman–Crippen MR) is 111 cm³/mol. The summed E-state index contributed by atoms with van der Waals surface area (Å²) in [5, 5.41) is 5.31. The van der Waals surface area contributed by atoms with E-state index in [-0.39, 0.29) is 18.4 Å². The van der Waals surface area contributed by atoms with Crippen LogP contribution in [0.5, 0.6) is 0 Å². The summed E-state index contributed by atoms with van der Waals surface area (Å²) in [6.45, 7) is 12.6. The molecule has 0 saturated carbocycles. The van der Waals surface area contributed by atoms with Gasteiger partial charge in [-0.3, -0.25) is 4.79 Å². The van der Waals surface area contributed by atoms with Gasteiger partial charge in [-0.15, -0.1) is 0 Å². The van der Waals surface area contributed by atoms with Crippen LogP contribution in [-0.2, 0) is 25.7 Å². The maximum absolute atomic E-state index is 12.8. The van der Waals surface area contributed by atoms with Crippen LogP contribution in [0, 0.1) is 11.8 Å². The minimum atomic E-state index is -0.840. The topological polar surface area (TPSA) is 93.7 Å². The van der Waals surface area contributed by atoms with Crippen molar-refractivity contribution in [1.29, 1.82) is 0 Å². The summed E-state index contributed by atoms with van der Waals surface area (Å²) in [6.07, 6.45) is -0.681. The van der Waals surface area contributed by atoms with E-state index in [0.717, 1.165) is 5.56 Å². The zero-order chi connectivity index (χ0) is 22.2. The Morgan fingerprint density at radius 3 is 1.93 bits per heavy atom. The molecule has 0 heterocycles. The summed E-state index contributed by atoms with van der Waals surface area (Å²) in [5.41, 5.74) is 0.186. The van der Waals surface area contributed by atoms with Crippen LogP contribution < -0.4 is 10.6 Å². The first kappa shape index (κ1) is 24.5. The zero-order valence-corrected chi connectivity index (χ0v) is 18.4. The van der Waals surface area contributed by atoms with Crippen LogP contribution in [0.1, 0.15) is 54.0 Å². The average Bonchev–Trinajstić information content (AvgIpc) is 2.60. The quantitative estimate of drug-likeness (QED) is 0.645. The van der Waals surface area contributed by atoms with Gasteiger partial charge in [0.1, 0.15) is 24.3 Å². The second-order valence-corrected chi connectivity index (χ2v) is 8.69. The van der Waals surface area contributed by atoms with Gasteiger partial charge in [0.25, 0.3) is 0 Å². The van der Waals surface area contributed by atoms with Crippen LogP contribution >= 0.6 is 0 Å². The van der Waals surface area contributed by atoms with E-state index < -0.39 is 35.7 Å². The average molecular weight is 407 g/mol. The van der Waals surface area contributed by atoms with Crippen LogP contribution in [0.15, 0.2) is 30.3 Å². The van der Waals surface area contributed by atoms with Gasteiger partial charge in [0.15, 0.2) is 0 Å². The number of ether oxygens (including phenoxy) is 2. The number of carbonyl (C=O) groups excluding carboxylic acids is 3. The van der Waals surface area contributed by atoms with Crippen molar-refractivity contribution in [2.45, 2.75) is 72.8 Å². The van der Waals surface area contributed by atoms with Gasteiger partial charge < -0.3 is 20.1 Å². The number of benzene rings is 1. The summed E-state index contributed by atoms with van der Waals surface area (Å²) in [6, 6.07) is 7.65. The molecule has 1 aromatic carbocycles. The molecule has 0 aromatic heterocycles. The lowest BCUT2D eigenvalue weighted by atomic mass is 10.0. The van der Waals surface area contributed by atoms with Gasteiger partial charge in [-0.2, -0.15) is 0 Å². The van der Waals surface area contributed by atoms with Crippen LogP contribution in [0.3, 0.4) is 0 Å². The second-order valence-electron chi connectivity index (χ2n) is 8.69. The van der Waals surface area contributed by atoms with Crippen molar-refractivity contribution in [1.82, 2.24) is 10.6 Å². The predicted octanol–water partition coefficient (Wildman–Crippen LogP) is 3.42. The number of hydrogen-bond acceptors (Lipinski definition) is 5. The highest BCUT2D eigenvalue weighted by Crippen LogP contribution is 2.11. The van der Waals surface area contributed by atoms with Gasteiger partial charge in [0.2, 0.25) is 5.91 Å². The molecule has 1 aromatic rings. The van der Waals surface area contributed by atoms with Crippen LogP contribution in [0.25, 0.3) is 0 Å². The normalized spacial score (nSPS) is 13.6. The first-order valence-electron chi connectivity index (χ1n) is 9.91. The number of amides is 2. The fraction of sp³-hybridized carbons (Fsp3) is 0.591. The number of nitrogens with one attached hydrogen (secondary N) is 2. The number of carbonyl (C=O) groups is 3. The zero-order valence-electron chi connectivity index (χ0n) is 18.4. The molecule has 162 valence electrons. The molecule has 1 unspecified atom stereocenters. The molecule has 0 aliphatic heterocycles. The molecule has 29 heavy (non-hydrogen) atoms. The highest BCUT2D eigenvalue weighted by Gasteiger charge is 2.32. The Labute approximate surface area is 173 Å². The Morgan fingerprint density at radius 2 is 1.45 bits per heavy atom. The molecule has 2 atom stereocenters. The minimum Gasteiger partial charge on any atom is -0.459 e. The fourth-order valence-corrected chi connectivity index (χ4v) is 2.53. The molecule has 0 bridgehead atoms. The molecule has 7 nitrogen and oxygen atoms in total. The standard InChI is InChI=1S/C22H34N2O5/c1-14(2)17(24-21(27)29-22(5,6)7)19(25)23-18(15(3)4)20(26)28-13-16-11-9-8-10-12-16/h8-12,14-15,17-18H,13H2,1-7H3,(H,23,25)(H,24,27)/t17?,18-/m0/s1. The molecule has 0 saturated heterocycles. The summed E-state index contributed by atoms with van der Waals surface area (Å²) in [7, 11) is 0. The molecule has 2 N–H and O–H groups in total. The van der Waals surface area contributed by atoms with Crippen molar-refractivity contribution in [3.05, 3.63) is 35.9 Å². The maximum Gasteiger partial charge on any atom is 0.408 e. The van der Waals surface area contributed by atoms with Gasteiger partial charge in [0, 0.05) is 0 Å². The van der Waals surface area contributed by atoms with E-state index in [1.807, 2.05) is 44.2 Å². The highest BCUT2D eigenvalue weighted by molar-refractivity contribution is 5.90. The van der Waals surface area contributed by atoms with E-state index in [1.165, 1.54) is 0 Å². The summed E-state index contributed by atoms with van der Waals surface area (Å²) < 4.78 is 10.6. The molecule has 0 fully saturated rings. The summed E-state index contributed by atoms with van der Waals surface area (Å²) >= 11 is 0. The maximum atomic E-state index is 12.8. The molecule has 0 spiro atoms. The van der Waals surface area contributed by atoms with E-state index in [4.69, 9.17) is 9.47 Å². The number of hydrogen-bond donors (Lipinski definition) is 2. The first-order valence-corrected chi connectivity index (χ1v) is 9.91. The lowest BCUT2D eigenvalue weighted by molar-refractivity contribution is -0.150. The van der Waals surface area contributed by atoms with Crippen molar-refractivity contribution >= 4 is 18.0 Å². The third-order valence-corrected chi connectivity index (χ3v) is 4.06. The molecule has 2 amide bonds. The van der Waals surface area contributed by atoms with Crippen molar-refractivity contribution in [2.75, 3.05) is 0 Å². The Hall–Kier alpha value is -2.57. The Bertz CT molecular complexity index is 680. The molecule has 0 aliphatic rings. The van der Waals surface area contributed by atoms with Gasteiger partial charge in [-0.1, -0.05) is 58.0 Å². The lowest BCUT2D eigenvalue weighted by Gasteiger charge is -2.27. The molecule has 0 aliphatic carbocycles. The van der Waals surface area contributed by atoms with Crippen molar-refractivity contribution in [3.8, 4) is 0 Å². The van der Waals surface area contributed by atoms with Gasteiger partial charge in [-0.25, -0.2) is 9.59 Å². The number of rotatable bonds is 8. The largest absolute Gasteiger partial charge is 0.459 e. The SMILES string of the molecule is CC(C)C(NC(=O)OC(C)(C)C)C(=O)N[C@H](C(=O)OCc1ccccc1)C(C)C. The Kier molecular flexibility index (Phi) is 9.14. The van der Waals surface area contributed by atoms with Gasteiger partial charge >= 0.3 is 12.1 Å². The second kappa shape index (κ2) is 10.8. The minimum absolute atomic E-state index is 0.128. The van der Waals surface area contributed by atoms with Gasteiger partial charge in [-0.05, 0) is 38.2 Å². The molecule has 1 rings (SSSR count). The smallest absolute Gasteiger partial charge is 0.408 e. The number of alkyl carbamates (subject to hydrolysis) is 1. The highest BCUT2D eigenvalue weighted by atomic mass is 16.6. The molecule has 0 radical (unpaired) electrons. The van der Waals surface area contributed by atoms with E-state index in [0.29, 0.717) is 0 Å². The molecular formula is C22H34N2O5. The van der Waals surface area contributed by atoms with Crippen LogP contribution in [0.2, 0.25) is 0 Å². The third kappa shape index (κ3) is 8.98. The van der Waals surface area contributed by atoms with Crippen molar-refractivity contribution < 1.29 is 23.9 Å². The van der Waals surface area contributed by atoms with Crippen LogP contribution in [-0.4, -0.2) is 35.7 Å². The lowest BCUT2D eigenvalue weighted by Crippen LogP contribution is -2.55. The van der Waals surface area contributed by atoms with Crippen molar-refractivity contribution in [3.63, 3.8) is 0 Å². The van der Waals surface area contributed by atoms with Crippen LogP contribution in [0.4, 0.5) is 4.79 Å². The van der Waals surface area contributed by atoms with Gasteiger partial charge in [0.05, 0.1) is 0 Å². The Balaban J connectivity index is 2.76. The summed E-state index contributed by atoms with van der Waals surface area (Å²) in [4.78, 5) is 37.4. The molecule has 7 heteroatoms. The van der Waals surface area contributed by atoms with Crippen molar-refractivity contribution in [2.24, 2.45) is 11.8 Å². The van der Waals surface area contributed by atoms with E-state index >= 15 is 0 Å². The summed E-state index contributed by atoms with van der Waals surface area (Å²) in [5.74, 6) is -1.36. The fourth-order valence-electron chi connectivity index (χ4n) is 2.53. The Morgan fingerprint density at radius 1 is 0.897 bits per heavy atom. The monoisotopic (exact) mass is 406 g/mol. The van der Waals surface area contributed by atoms with E-state index in [2.05, 4.69) is 10.6 Å². The van der Waals surface area contributed by atoms with E-state index in [9.17, 15) is 14.4 Å². The number of esters is 1.